The highest BCUT2D eigenvalue weighted by Crippen LogP contribution is 2.42. The first kappa shape index (κ1) is 14.4. The number of carbonyl (C=O) groups excluding carboxylic acids is 2. The van der Waals surface area contributed by atoms with Crippen LogP contribution in [0.2, 0.25) is 0 Å². The number of methoxy groups -OCH3 is 2. The van der Waals surface area contributed by atoms with Gasteiger partial charge in [-0.05, 0) is 30.5 Å². The Morgan fingerprint density at radius 1 is 1.35 bits per heavy atom. The number of benzene rings is 1. The van der Waals surface area contributed by atoms with Gasteiger partial charge in [-0.2, -0.15) is 0 Å². The number of fused-ring (bicyclic) bond motifs is 1. The van der Waals surface area contributed by atoms with E-state index in [1.807, 2.05) is 0 Å². The Balaban J connectivity index is 2.55. The quantitative estimate of drug-likeness (QED) is 0.631. The number of ether oxygens (including phenoxy) is 2. The Morgan fingerprint density at radius 3 is 2.60 bits per heavy atom. The monoisotopic (exact) mass is 284 g/mol. The molecule has 0 bridgehead atoms. The maximum absolute atomic E-state index is 13.4. The number of esters is 1. The molecule has 0 amide bonds. The van der Waals surface area contributed by atoms with Crippen molar-refractivity contribution in [2.75, 3.05) is 14.2 Å². The van der Waals surface area contributed by atoms with E-state index in [2.05, 4.69) is 4.74 Å². The fraction of sp³-hybridized carbons (Fsp3) is 0.429. The van der Waals surface area contributed by atoms with Gasteiger partial charge >= 0.3 is 5.97 Å². The first-order chi connectivity index (χ1) is 9.47. The summed E-state index contributed by atoms with van der Waals surface area (Å²) >= 11 is 0. The molecule has 1 aromatic rings. The summed E-state index contributed by atoms with van der Waals surface area (Å²) in [6.07, 6.45) is -3.15. The van der Waals surface area contributed by atoms with Gasteiger partial charge in [0.1, 0.15) is 5.75 Å². The number of hydrogen-bond donors (Lipinski definition) is 0. The van der Waals surface area contributed by atoms with Gasteiger partial charge < -0.3 is 9.47 Å². The van der Waals surface area contributed by atoms with E-state index in [-0.39, 0.29) is 18.4 Å². The number of ketones is 1. The molecule has 4 nitrogen and oxygen atoms in total. The minimum atomic E-state index is -3.11. The van der Waals surface area contributed by atoms with Gasteiger partial charge in [-0.1, -0.05) is 6.07 Å². The highest BCUT2D eigenvalue weighted by Gasteiger charge is 2.57. The second-order valence-electron chi connectivity index (χ2n) is 4.62. The predicted octanol–water partition coefficient (Wildman–Crippen LogP) is 2.25. The van der Waals surface area contributed by atoms with E-state index >= 15 is 0 Å². The first-order valence-electron chi connectivity index (χ1n) is 6.05. The zero-order valence-electron chi connectivity index (χ0n) is 11.1. The largest absolute Gasteiger partial charge is 0.497 e. The second kappa shape index (κ2) is 5.19. The lowest BCUT2D eigenvalue weighted by atomic mass is 9.70. The van der Waals surface area contributed by atoms with Crippen molar-refractivity contribution < 1.29 is 27.8 Å². The molecule has 1 unspecified atom stereocenters. The van der Waals surface area contributed by atoms with Crippen LogP contribution in [0.3, 0.4) is 0 Å². The van der Waals surface area contributed by atoms with Gasteiger partial charge in [0.25, 0.3) is 6.43 Å². The van der Waals surface area contributed by atoms with E-state index in [1.54, 1.807) is 12.1 Å². The highest BCUT2D eigenvalue weighted by molar-refractivity contribution is 6.14. The second-order valence-corrected chi connectivity index (χ2v) is 4.62. The summed E-state index contributed by atoms with van der Waals surface area (Å²) in [4.78, 5) is 24.2. The number of halogens is 2. The van der Waals surface area contributed by atoms with Crippen LogP contribution >= 0.6 is 0 Å². The van der Waals surface area contributed by atoms with Crippen LogP contribution in [0.1, 0.15) is 22.3 Å². The van der Waals surface area contributed by atoms with Crippen molar-refractivity contribution in [2.24, 2.45) is 5.41 Å². The van der Waals surface area contributed by atoms with Crippen molar-refractivity contribution >= 4 is 11.8 Å². The average Bonchev–Trinajstić information content (AvgIpc) is 2.46. The minimum absolute atomic E-state index is 0.0984. The predicted molar refractivity (Wildman–Crippen MR) is 66.1 cm³/mol. The third-order valence-corrected chi connectivity index (χ3v) is 3.68. The molecule has 1 atom stereocenters. The highest BCUT2D eigenvalue weighted by atomic mass is 19.3. The molecule has 0 saturated heterocycles. The molecule has 1 aliphatic carbocycles. The number of rotatable bonds is 3. The van der Waals surface area contributed by atoms with Gasteiger partial charge in [-0.25, -0.2) is 8.78 Å². The van der Waals surface area contributed by atoms with Crippen LogP contribution in [0.15, 0.2) is 18.2 Å². The molecule has 0 saturated carbocycles. The SMILES string of the molecule is COC(=O)C1(C(F)F)CCc2ccc(OC)cc2C1=O. The number of alkyl halides is 2. The Labute approximate surface area is 114 Å². The van der Waals surface area contributed by atoms with Crippen molar-refractivity contribution in [3.05, 3.63) is 29.3 Å². The molecule has 0 N–H and O–H groups in total. The molecule has 6 heteroatoms. The summed E-state index contributed by atoms with van der Waals surface area (Å²) < 4.78 is 36.2. The van der Waals surface area contributed by atoms with Crippen LogP contribution in [0.5, 0.6) is 5.75 Å². The molecule has 108 valence electrons. The zero-order valence-corrected chi connectivity index (χ0v) is 11.1. The lowest BCUT2D eigenvalue weighted by molar-refractivity contribution is -0.158. The van der Waals surface area contributed by atoms with Gasteiger partial charge in [-0.3, -0.25) is 9.59 Å². The summed E-state index contributed by atoms with van der Waals surface area (Å²) in [5.41, 5.74) is -1.68. The zero-order chi connectivity index (χ0) is 14.9. The van der Waals surface area contributed by atoms with Crippen molar-refractivity contribution in [1.82, 2.24) is 0 Å². The summed E-state index contributed by atoms with van der Waals surface area (Å²) in [7, 11) is 2.41. The fourth-order valence-electron chi connectivity index (χ4n) is 2.47. The van der Waals surface area contributed by atoms with Crippen molar-refractivity contribution in [3.63, 3.8) is 0 Å². The van der Waals surface area contributed by atoms with Crippen LogP contribution in [0.4, 0.5) is 8.78 Å². The Kier molecular flexibility index (Phi) is 3.74. The van der Waals surface area contributed by atoms with Crippen LogP contribution in [0.25, 0.3) is 0 Å². The average molecular weight is 284 g/mol. The summed E-state index contributed by atoms with van der Waals surface area (Å²) in [6, 6.07) is 4.69. The number of Topliss-reactive ketones (excluding diaryl/α,β-unsaturated/α-hetero) is 1. The molecule has 2 rings (SSSR count). The van der Waals surface area contributed by atoms with Gasteiger partial charge in [0.05, 0.1) is 14.2 Å². The molecule has 0 aliphatic heterocycles. The molecular formula is C14H14F2O4. The molecule has 0 spiro atoms. The lowest BCUT2D eigenvalue weighted by Gasteiger charge is -2.33. The summed E-state index contributed by atoms with van der Waals surface area (Å²) in [5, 5.41) is 0. The molecule has 0 fully saturated rings. The number of carbonyl (C=O) groups is 2. The molecule has 1 aliphatic rings. The third-order valence-electron chi connectivity index (χ3n) is 3.68. The van der Waals surface area contributed by atoms with Crippen LogP contribution in [0, 0.1) is 5.41 Å². The number of aryl methyl sites for hydroxylation is 1. The van der Waals surface area contributed by atoms with Crippen LogP contribution < -0.4 is 4.74 Å². The third kappa shape index (κ3) is 1.95. The molecule has 0 heterocycles. The van der Waals surface area contributed by atoms with E-state index < -0.39 is 23.6 Å². The summed E-state index contributed by atoms with van der Waals surface area (Å²) in [5.74, 6) is -1.71. The van der Waals surface area contributed by atoms with Crippen LogP contribution in [-0.2, 0) is 16.0 Å². The summed E-state index contributed by atoms with van der Waals surface area (Å²) in [6.45, 7) is 0. The molecule has 0 aromatic heterocycles. The van der Waals surface area contributed by atoms with Crippen LogP contribution in [-0.4, -0.2) is 32.4 Å². The van der Waals surface area contributed by atoms with E-state index in [9.17, 15) is 18.4 Å². The number of hydrogen-bond acceptors (Lipinski definition) is 4. The van der Waals surface area contributed by atoms with Crippen molar-refractivity contribution in [2.45, 2.75) is 19.3 Å². The van der Waals surface area contributed by atoms with Gasteiger partial charge in [0.2, 0.25) is 0 Å². The standard InChI is InChI=1S/C14H14F2O4/c1-19-9-4-3-8-5-6-14(12(15)16,13(18)20-2)11(17)10(8)7-9/h3-4,7,12H,5-6H2,1-2H3. The topological polar surface area (TPSA) is 52.6 Å². The van der Waals surface area contributed by atoms with E-state index in [0.29, 0.717) is 11.3 Å². The van der Waals surface area contributed by atoms with E-state index in [4.69, 9.17) is 4.74 Å². The molecule has 1 aromatic carbocycles. The maximum atomic E-state index is 13.4. The van der Waals surface area contributed by atoms with Gasteiger partial charge in [0.15, 0.2) is 11.2 Å². The van der Waals surface area contributed by atoms with Gasteiger partial charge in [-0.15, -0.1) is 0 Å². The fourth-order valence-corrected chi connectivity index (χ4v) is 2.47. The maximum Gasteiger partial charge on any atom is 0.325 e. The first-order valence-corrected chi connectivity index (χ1v) is 6.05. The Hall–Kier alpha value is -1.98. The van der Waals surface area contributed by atoms with E-state index in [1.165, 1.54) is 13.2 Å². The molecular weight excluding hydrogens is 270 g/mol. The normalized spacial score (nSPS) is 21.6. The smallest absolute Gasteiger partial charge is 0.325 e. The lowest BCUT2D eigenvalue weighted by Crippen LogP contribution is -2.49. The van der Waals surface area contributed by atoms with Gasteiger partial charge in [0, 0.05) is 5.56 Å². The Bertz CT molecular complexity index is 556. The molecule has 0 radical (unpaired) electrons. The van der Waals surface area contributed by atoms with E-state index in [0.717, 1.165) is 7.11 Å². The Morgan fingerprint density at radius 2 is 2.05 bits per heavy atom. The minimum Gasteiger partial charge on any atom is -0.497 e. The van der Waals surface area contributed by atoms with Crippen molar-refractivity contribution in [3.8, 4) is 5.75 Å². The van der Waals surface area contributed by atoms with Crippen molar-refractivity contribution in [1.29, 1.82) is 0 Å². The molecule has 20 heavy (non-hydrogen) atoms.